The van der Waals surface area contributed by atoms with Gasteiger partial charge in [-0.25, -0.2) is 0 Å². The Balaban J connectivity index is 2.16. The highest BCUT2D eigenvalue weighted by atomic mass is 32.2. The van der Waals surface area contributed by atoms with Crippen molar-refractivity contribution in [2.24, 2.45) is 0 Å². The van der Waals surface area contributed by atoms with Gasteiger partial charge in [0.15, 0.2) is 0 Å². The molecule has 0 bridgehead atoms. The minimum atomic E-state index is -3.94. The van der Waals surface area contributed by atoms with Crippen LogP contribution in [0.2, 0.25) is 0 Å². The van der Waals surface area contributed by atoms with Crippen molar-refractivity contribution in [3.8, 4) is 0 Å². The van der Waals surface area contributed by atoms with Gasteiger partial charge in [0.1, 0.15) is 0 Å². The molecule has 0 aromatic heterocycles. The van der Waals surface area contributed by atoms with Crippen LogP contribution in [0.4, 0.5) is 0 Å². The van der Waals surface area contributed by atoms with E-state index in [1.807, 2.05) is 18.2 Å². The van der Waals surface area contributed by atoms with Crippen LogP contribution in [-0.4, -0.2) is 13.0 Å². The summed E-state index contributed by atoms with van der Waals surface area (Å²) in [6, 6.07) is 10.2. The average Bonchev–Trinajstić information content (AvgIpc) is 2.23. The van der Waals surface area contributed by atoms with Gasteiger partial charge in [-0.3, -0.25) is 4.55 Å². The Morgan fingerprint density at radius 3 is 2.44 bits per heavy atom. The smallest absolute Gasteiger partial charge is 0.282 e. The highest BCUT2D eigenvalue weighted by Crippen LogP contribution is 2.06. The summed E-state index contributed by atoms with van der Waals surface area (Å²) in [4.78, 5) is 0. The SMILES string of the molecule is O=S(=O)(O)C=CCCCCc1ccccc1. The van der Waals surface area contributed by atoms with E-state index in [9.17, 15) is 8.42 Å². The molecule has 0 unspecified atom stereocenters. The molecule has 3 nitrogen and oxygen atoms in total. The molecule has 0 radical (unpaired) electrons. The van der Waals surface area contributed by atoms with Crippen molar-refractivity contribution < 1.29 is 13.0 Å². The predicted molar refractivity (Wildman–Crippen MR) is 64.7 cm³/mol. The van der Waals surface area contributed by atoms with E-state index in [-0.39, 0.29) is 0 Å². The molecule has 0 atom stereocenters. The number of hydrogen-bond donors (Lipinski definition) is 1. The van der Waals surface area contributed by atoms with Crippen LogP contribution in [-0.2, 0) is 16.5 Å². The monoisotopic (exact) mass is 240 g/mol. The lowest BCUT2D eigenvalue weighted by Gasteiger charge is -1.99. The van der Waals surface area contributed by atoms with Crippen LogP contribution >= 0.6 is 0 Å². The zero-order valence-electron chi connectivity index (χ0n) is 9.04. The number of benzene rings is 1. The van der Waals surface area contributed by atoms with Gasteiger partial charge in [-0.2, -0.15) is 8.42 Å². The maximum absolute atomic E-state index is 10.4. The van der Waals surface area contributed by atoms with E-state index >= 15 is 0 Å². The Labute approximate surface area is 96.6 Å². The van der Waals surface area contributed by atoms with Crippen molar-refractivity contribution in [3.05, 3.63) is 47.4 Å². The third-order valence-electron chi connectivity index (χ3n) is 2.20. The van der Waals surface area contributed by atoms with Gasteiger partial charge in [-0.15, -0.1) is 0 Å². The summed E-state index contributed by atoms with van der Waals surface area (Å²) in [6.45, 7) is 0. The van der Waals surface area contributed by atoms with Crippen LogP contribution < -0.4 is 0 Å². The van der Waals surface area contributed by atoms with Crippen molar-refractivity contribution in [3.63, 3.8) is 0 Å². The lowest BCUT2D eigenvalue weighted by Crippen LogP contribution is -1.89. The summed E-state index contributed by atoms with van der Waals surface area (Å²) in [6.07, 6.45) is 5.09. The standard InChI is InChI=1S/C12H16O3S/c13-16(14,15)11-7-2-1-4-8-12-9-5-3-6-10-12/h3,5-7,9-11H,1-2,4,8H2,(H,13,14,15). The van der Waals surface area contributed by atoms with E-state index in [4.69, 9.17) is 4.55 Å². The molecule has 1 aromatic carbocycles. The second-order valence-corrected chi connectivity index (χ2v) is 4.92. The van der Waals surface area contributed by atoms with Gasteiger partial charge >= 0.3 is 0 Å². The zero-order valence-corrected chi connectivity index (χ0v) is 9.86. The summed E-state index contributed by atoms with van der Waals surface area (Å²) < 4.78 is 29.1. The number of allylic oxidation sites excluding steroid dienone is 1. The zero-order chi connectivity index (χ0) is 11.9. The van der Waals surface area contributed by atoms with Crippen LogP contribution in [0.15, 0.2) is 41.8 Å². The summed E-state index contributed by atoms with van der Waals surface area (Å²) in [5.41, 5.74) is 1.29. The Morgan fingerprint density at radius 2 is 1.81 bits per heavy atom. The van der Waals surface area contributed by atoms with E-state index in [0.717, 1.165) is 24.7 Å². The molecule has 1 N–H and O–H groups in total. The van der Waals surface area contributed by atoms with E-state index in [2.05, 4.69) is 12.1 Å². The minimum Gasteiger partial charge on any atom is -0.282 e. The van der Waals surface area contributed by atoms with Gasteiger partial charge in [0.05, 0.1) is 5.41 Å². The highest BCUT2D eigenvalue weighted by molar-refractivity contribution is 7.88. The normalized spacial score (nSPS) is 12.1. The minimum absolute atomic E-state index is 0.673. The molecule has 0 aliphatic carbocycles. The molecule has 16 heavy (non-hydrogen) atoms. The molecule has 0 saturated heterocycles. The number of rotatable bonds is 6. The molecule has 0 aliphatic rings. The largest absolute Gasteiger partial charge is 0.287 e. The number of hydrogen-bond acceptors (Lipinski definition) is 2. The van der Waals surface area contributed by atoms with Crippen LogP contribution in [0, 0.1) is 0 Å². The third-order valence-corrected chi connectivity index (χ3v) is 2.73. The summed E-state index contributed by atoms with van der Waals surface area (Å²) >= 11 is 0. The summed E-state index contributed by atoms with van der Waals surface area (Å²) in [5, 5.41) is 0.843. The molecular formula is C12H16O3S. The Bertz CT molecular complexity index is 421. The first-order chi connectivity index (χ1) is 7.58. The van der Waals surface area contributed by atoms with Crippen molar-refractivity contribution >= 4 is 10.1 Å². The van der Waals surface area contributed by atoms with E-state index in [0.29, 0.717) is 6.42 Å². The van der Waals surface area contributed by atoms with Gasteiger partial charge in [-0.05, 0) is 31.2 Å². The van der Waals surface area contributed by atoms with Crippen LogP contribution in [0.3, 0.4) is 0 Å². The Kier molecular flexibility index (Phi) is 5.22. The van der Waals surface area contributed by atoms with Crippen molar-refractivity contribution in [1.82, 2.24) is 0 Å². The maximum Gasteiger partial charge on any atom is 0.287 e. The van der Waals surface area contributed by atoms with Gasteiger partial charge in [0, 0.05) is 0 Å². The first-order valence-corrected chi connectivity index (χ1v) is 6.76. The van der Waals surface area contributed by atoms with Gasteiger partial charge in [-0.1, -0.05) is 36.4 Å². The van der Waals surface area contributed by atoms with Crippen molar-refractivity contribution in [2.75, 3.05) is 0 Å². The van der Waals surface area contributed by atoms with Crippen LogP contribution in [0.25, 0.3) is 0 Å². The van der Waals surface area contributed by atoms with Crippen molar-refractivity contribution in [1.29, 1.82) is 0 Å². The number of aryl methyl sites for hydroxylation is 1. The highest BCUT2D eigenvalue weighted by Gasteiger charge is 1.94. The fourth-order valence-corrected chi connectivity index (χ4v) is 1.80. The molecule has 0 saturated carbocycles. The average molecular weight is 240 g/mol. The first-order valence-electron chi connectivity index (χ1n) is 5.26. The summed E-state index contributed by atoms with van der Waals surface area (Å²) in [5.74, 6) is 0. The van der Waals surface area contributed by atoms with Gasteiger partial charge in [0.25, 0.3) is 10.1 Å². The quantitative estimate of drug-likeness (QED) is 0.614. The van der Waals surface area contributed by atoms with Gasteiger partial charge in [0.2, 0.25) is 0 Å². The Hall–Kier alpha value is -1.13. The molecule has 0 amide bonds. The van der Waals surface area contributed by atoms with Crippen molar-refractivity contribution in [2.45, 2.75) is 25.7 Å². The lowest BCUT2D eigenvalue weighted by atomic mass is 10.1. The van der Waals surface area contributed by atoms with E-state index in [1.54, 1.807) is 0 Å². The number of unbranched alkanes of at least 4 members (excludes halogenated alkanes) is 2. The lowest BCUT2D eigenvalue weighted by molar-refractivity contribution is 0.494. The molecule has 0 aliphatic heterocycles. The molecule has 1 rings (SSSR count). The third kappa shape index (κ3) is 6.37. The maximum atomic E-state index is 10.4. The molecule has 88 valence electrons. The molecule has 0 spiro atoms. The van der Waals surface area contributed by atoms with Crippen LogP contribution in [0.1, 0.15) is 24.8 Å². The molecule has 0 heterocycles. The van der Waals surface area contributed by atoms with E-state index in [1.165, 1.54) is 11.6 Å². The fraction of sp³-hybridized carbons (Fsp3) is 0.333. The topological polar surface area (TPSA) is 54.4 Å². The predicted octanol–water partition coefficient (Wildman–Crippen LogP) is 2.80. The molecule has 1 aromatic rings. The molecule has 0 fully saturated rings. The first kappa shape index (κ1) is 12.9. The van der Waals surface area contributed by atoms with Gasteiger partial charge < -0.3 is 0 Å². The van der Waals surface area contributed by atoms with E-state index < -0.39 is 10.1 Å². The second-order valence-electron chi connectivity index (χ2n) is 3.62. The van der Waals surface area contributed by atoms with Crippen LogP contribution in [0.5, 0.6) is 0 Å². The second kappa shape index (κ2) is 6.45. The molecule has 4 heteroatoms. The summed E-state index contributed by atoms with van der Waals surface area (Å²) in [7, 11) is -3.94. The molecular weight excluding hydrogens is 224 g/mol. The Morgan fingerprint density at radius 1 is 1.12 bits per heavy atom. The fourth-order valence-electron chi connectivity index (χ4n) is 1.43.